The van der Waals surface area contributed by atoms with E-state index in [0.29, 0.717) is 12.1 Å². The number of alkyl halides is 1. The summed E-state index contributed by atoms with van der Waals surface area (Å²) in [5.41, 5.74) is 0.415. The summed E-state index contributed by atoms with van der Waals surface area (Å²) in [4.78, 5) is 0.137. The van der Waals surface area contributed by atoms with Crippen molar-refractivity contribution in [2.24, 2.45) is 0 Å². The molecule has 1 aromatic carbocycles. The summed E-state index contributed by atoms with van der Waals surface area (Å²) in [6.45, 7) is 1.97. The Bertz CT molecular complexity index is 476. The molecule has 17 heavy (non-hydrogen) atoms. The van der Waals surface area contributed by atoms with Gasteiger partial charge in [-0.25, -0.2) is 17.5 Å². The van der Waals surface area contributed by atoms with Gasteiger partial charge in [-0.05, 0) is 43.5 Å². The zero-order valence-corrected chi connectivity index (χ0v) is 11.9. The molecule has 0 spiro atoms. The Hall–Kier alpha value is -0.460. The zero-order valence-electron chi connectivity index (χ0n) is 9.54. The van der Waals surface area contributed by atoms with Gasteiger partial charge in [0.15, 0.2) is 0 Å². The monoisotopic (exact) mass is 323 g/mol. The highest BCUT2D eigenvalue weighted by Crippen LogP contribution is 2.15. The minimum absolute atomic E-state index is 0.137. The topological polar surface area (TPSA) is 46.2 Å². The van der Waals surface area contributed by atoms with E-state index in [2.05, 4.69) is 20.7 Å². The molecule has 0 amide bonds. The van der Waals surface area contributed by atoms with Gasteiger partial charge in [-0.1, -0.05) is 15.9 Å². The van der Waals surface area contributed by atoms with E-state index in [1.807, 2.05) is 0 Å². The standard InChI is InChI=1S/C11H15BrFNO2S/c1-9-8-10(13)4-5-11(9)17(15,16)14-7-3-2-6-12/h4-5,8,14H,2-3,6-7H2,1H3. The minimum atomic E-state index is -3.52. The summed E-state index contributed by atoms with van der Waals surface area (Å²) >= 11 is 3.28. The van der Waals surface area contributed by atoms with Crippen molar-refractivity contribution in [1.82, 2.24) is 4.72 Å². The lowest BCUT2D eigenvalue weighted by molar-refractivity contribution is 0.577. The third kappa shape index (κ3) is 4.37. The molecule has 1 rings (SSSR count). The number of unbranched alkanes of at least 4 members (excludes halogenated alkanes) is 1. The van der Waals surface area contributed by atoms with Gasteiger partial charge in [-0.3, -0.25) is 0 Å². The Kier molecular flexibility index (Phi) is 5.55. The van der Waals surface area contributed by atoms with E-state index >= 15 is 0 Å². The van der Waals surface area contributed by atoms with Gasteiger partial charge in [0.25, 0.3) is 0 Å². The molecule has 0 aliphatic heterocycles. The van der Waals surface area contributed by atoms with Crippen LogP contribution < -0.4 is 4.72 Å². The highest BCUT2D eigenvalue weighted by atomic mass is 79.9. The fourth-order valence-corrected chi connectivity index (χ4v) is 3.11. The van der Waals surface area contributed by atoms with E-state index in [1.54, 1.807) is 6.92 Å². The van der Waals surface area contributed by atoms with Crippen LogP contribution in [0.3, 0.4) is 0 Å². The second-order valence-corrected chi connectivity index (χ2v) is 6.23. The van der Waals surface area contributed by atoms with Gasteiger partial charge >= 0.3 is 0 Å². The number of hydrogen-bond donors (Lipinski definition) is 1. The molecule has 3 nitrogen and oxygen atoms in total. The highest BCUT2D eigenvalue weighted by molar-refractivity contribution is 9.09. The SMILES string of the molecule is Cc1cc(F)ccc1S(=O)(=O)NCCCCBr. The predicted octanol–water partition coefficient (Wildman–Crippen LogP) is 2.59. The number of benzene rings is 1. The first-order valence-corrected chi connectivity index (χ1v) is 7.89. The first-order valence-electron chi connectivity index (χ1n) is 5.29. The lowest BCUT2D eigenvalue weighted by atomic mass is 10.2. The van der Waals surface area contributed by atoms with Crippen LogP contribution in [0.25, 0.3) is 0 Å². The second kappa shape index (κ2) is 6.47. The van der Waals surface area contributed by atoms with Crippen molar-refractivity contribution < 1.29 is 12.8 Å². The first-order chi connectivity index (χ1) is 7.97. The fraction of sp³-hybridized carbons (Fsp3) is 0.455. The van der Waals surface area contributed by atoms with E-state index in [0.717, 1.165) is 24.2 Å². The van der Waals surface area contributed by atoms with Crippen molar-refractivity contribution in [2.75, 3.05) is 11.9 Å². The summed E-state index contributed by atoms with van der Waals surface area (Å²) in [7, 11) is -3.52. The Morgan fingerprint density at radius 1 is 1.35 bits per heavy atom. The number of nitrogens with one attached hydrogen (secondary N) is 1. The number of aryl methyl sites for hydroxylation is 1. The molecule has 96 valence electrons. The van der Waals surface area contributed by atoms with Crippen molar-refractivity contribution in [1.29, 1.82) is 0 Å². The molecule has 0 fully saturated rings. The molecule has 1 N–H and O–H groups in total. The van der Waals surface area contributed by atoms with Crippen LogP contribution in [-0.2, 0) is 10.0 Å². The number of rotatable bonds is 6. The molecule has 0 saturated heterocycles. The van der Waals surface area contributed by atoms with E-state index in [1.165, 1.54) is 12.1 Å². The third-order valence-electron chi connectivity index (χ3n) is 2.28. The summed E-state index contributed by atoms with van der Waals surface area (Å²) in [6, 6.07) is 3.66. The van der Waals surface area contributed by atoms with Crippen LogP contribution in [0.4, 0.5) is 4.39 Å². The smallest absolute Gasteiger partial charge is 0.211 e. The summed E-state index contributed by atoms with van der Waals surface area (Å²) in [6.07, 6.45) is 1.68. The molecule has 0 atom stereocenters. The van der Waals surface area contributed by atoms with E-state index in [4.69, 9.17) is 0 Å². The minimum Gasteiger partial charge on any atom is -0.211 e. The summed E-state index contributed by atoms with van der Waals surface area (Å²) < 4.78 is 39.1. The van der Waals surface area contributed by atoms with Gasteiger partial charge in [0.2, 0.25) is 10.0 Å². The Balaban J connectivity index is 2.76. The van der Waals surface area contributed by atoms with Crippen LogP contribution in [0.5, 0.6) is 0 Å². The van der Waals surface area contributed by atoms with Crippen LogP contribution in [-0.4, -0.2) is 20.3 Å². The summed E-state index contributed by atoms with van der Waals surface area (Å²) in [5, 5.41) is 0.851. The maximum atomic E-state index is 12.9. The van der Waals surface area contributed by atoms with Crippen molar-refractivity contribution in [2.45, 2.75) is 24.7 Å². The van der Waals surface area contributed by atoms with Gasteiger partial charge in [0.1, 0.15) is 5.82 Å². The van der Waals surface area contributed by atoms with Gasteiger partial charge in [0.05, 0.1) is 4.90 Å². The van der Waals surface area contributed by atoms with Gasteiger partial charge in [0, 0.05) is 11.9 Å². The van der Waals surface area contributed by atoms with Crippen LogP contribution in [0.15, 0.2) is 23.1 Å². The number of sulfonamides is 1. The van der Waals surface area contributed by atoms with Gasteiger partial charge in [-0.2, -0.15) is 0 Å². The van der Waals surface area contributed by atoms with E-state index in [9.17, 15) is 12.8 Å². The van der Waals surface area contributed by atoms with Gasteiger partial charge < -0.3 is 0 Å². The largest absolute Gasteiger partial charge is 0.240 e. The molecule has 0 aliphatic carbocycles. The molecule has 0 saturated carbocycles. The normalized spacial score (nSPS) is 11.7. The number of halogens is 2. The van der Waals surface area contributed by atoms with Crippen LogP contribution in [0.2, 0.25) is 0 Å². The lowest BCUT2D eigenvalue weighted by Crippen LogP contribution is -2.25. The van der Waals surface area contributed by atoms with E-state index in [-0.39, 0.29) is 4.90 Å². The molecule has 0 unspecified atom stereocenters. The maximum Gasteiger partial charge on any atom is 0.240 e. The van der Waals surface area contributed by atoms with E-state index < -0.39 is 15.8 Å². The van der Waals surface area contributed by atoms with Crippen molar-refractivity contribution in [3.63, 3.8) is 0 Å². The number of hydrogen-bond acceptors (Lipinski definition) is 2. The van der Waals surface area contributed by atoms with Gasteiger partial charge in [-0.15, -0.1) is 0 Å². The fourth-order valence-electron chi connectivity index (χ4n) is 1.42. The quantitative estimate of drug-likeness (QED) is 0.646. The molecular weight excluding hydrogens is 309 g/mol. The Morgan fingerprint density at radius 3 is 2.65 bits per heavy atom. The highest BCUT2D eigenvalue weighted by Gasteiger charge is 2.16. The lowest BCUT2D eigenvalue weighted by Gasteiger charge is -2.08. The van der Waals surface area contributed by atoms with Crippen molar-refractivity contribution in [3.8, 4) is 0 Å². The third-order valence-corrected chi connectivity index (χ3v) is 4.46. The molecule has 0 bridgehead atoms. The average molecular weight is 324 g/mol. The summed E-state index contributed by atoms with van der Waals surface area (Å²) in [5.74, 6) is -0.430. The van der Waals surface area contributed by atoms with Crippen LogP contribution in [0.1, 0.15) is 18.4 Å². The van der Waals surface area contributed by atoms with Crippen molar-refractivity contribution in [3.05, 3.63) is 29.6 Å². The molecule has 1 aromatic rings. The van der Waals surface area contributed by atoms with Crippen LogP contribution >= 0.6 is 15.9 Å². The zero-order chi connectivity index (χ0) is 12.9. The average Bonchev–Trinajstić information content (AvgIpc) is 2.24. The Morgan fingerprint density at radius 2 is 2.06 bits per heavy atom. The second-order valence-electron chi connectivity index (χ2n) is 3.70. The van der Waals surface area contributed by atoms with Crippen molar-refractivity contribution >= 4 is 26.0 Å². The molecule has 6 heteroatoms. The van der Waals surface area contributed by atoms with Crippen LogP contribution in [0, 0.1) is 12.7 Å². The first kappa shape index (κ1) is 14.6. The Labute approximate surface area is 110 Å². The molecule has 0 radical (unpaired) electrons. The molecule has 0 aromatic heterocycles. The molecular formula is C11H15BrFNO2S. The molecule has 0 heterocycles. The predicted molar refractivity (Wildman–Crippen MR) is 69.4 cm³/mol. The molecule has 0 aliphatic rings. The maximum absolute atomic E-state index is 12.9.